The van der Waals surface area contributed by atoms with E-state index >= 15 is 0 Å². The molecule has 1 aliphatic heterocycles. The molecule has 0 aromatic heterocycles. The summed E-state index contributed by atoms with van der Waals surface area (Å²) in [6.07, 6.45) is 0. The number of carbonyl (C=O) groups is 3. The lowest BCUT2D eigenvalue weighted by atomic mass is 9.85. The lowest BCUT2D eigenvalue weighted by Gasteiger charge is -2.30. The Labute approximate surface area is 168 Å². The predicted molar refractivity (Wildman–Crippen MR) is 108 cm³/mol. The van der Waals surface area contributed by atoms with E-state index in [1.165, 1.54) is 6.92 Å². The highest BCUT2D eigenvalue weighted by molar-refractivity contribution is 6.09. The van der Waals surface area contributed by atoms with Gasteiger partial charge in [0, 0.05) is 5.71 Å². The average Bonchev–Trinajstić information content (AvgIpc) is 2.69. The molecule has 1 N–H and O–H groups in total. The number of hydrogen-bond donors (Lipinski definition) is 1. The van der Waals surface area contributed by atoms with Gasteiger partial charge in [-0.25, -0.2) is 14.6 Å². The lowest BCUT2D eigenvalue weighted by Crippen LogP contribution is -2.42. The van der Waals surface area contributed by atoms with Gasteiger partial charge in [0.25, 0.3) is 0 Å². The number of ether oxygens (including phenoxy) is 2. The molecule has 0 spiro atoms. The number of carbonyl (C=O) groups excluding carboxylic acids is 3. The third-order valence-electron chi connectivity index (χ3n) is 4.62. The zero-order valence-corrected chi connectivity index (χ0v) is 16.5. The number of hydrogen-bond acceptors (Lipinski definition) is 5. The van der Waals surface area contributed by atoms with E-state index in [1.807, 2.05) is 13.0 Å². The smallest absolute Gasteiger partial charge is 0.343 e. The van der Waals surface area contributed by atoms with Crippen LogP contribution in [0.2, 0.25) is 0 Å². The van der Waals surface area contributed by atoms with Crippen molar-refractivity contribution in [3.63, 3.8) is 0 Å². The number of amides is 2. The van der Waals surface area contributed by atoms with Crippen LogP contribution in [0.15, 0.2) is 53.5 Å². The maximum absolute atomic E-state index is 12.4. The van der Waals surface area contributed by atoms with Crippen molar-refractivity contribution in [2.24, 2.45) is 10.9 Å². The van der Waals surface area contributed by atoms with Gasteiger partial charge < -0.3 is 14.8 Å². The molecule has 3 rings (SSSR count). The Morgan fingerprint density at radius 2 is 1.83 bits per heavy atom. The standard InChI is InChI=1S/C22H22N2O5/c1-4-28-18-12-16(20-19(14(3)25)13(2)23-22(27)24-20)10-11-17(18)29-21(26)15-8-6-5-7-9-15/h5-12,19-20H,4H2,1-3H3,(H,24,27). The fourth-order valence-electron chi connectivity index (χ4n) is 3.33. The van der Waals surface area contributed by atoms with Crippen LogP contribution in [0.1, 0.15) is 42.7 Å². The summed E-state index contributed by atoms with van der Waals surface area (Å²) in [4.78, 5) is 40.3. The Balaban J connectivity index is 1.93. The van der Waals surface area contributed by atoms with Crippen LogP contribution >= 0.6 is 0 Å². The van der Waals surface area contributed by atoms with E-state index in [1.54, 1.807) is 49.4 Å². The molecule has 0 bridgehead atoms. The van der Waals surface area contributed by atoms with E-state index in [0.29, 0.717) is 29.2 Å². The lowest BCUT2D eigenvalue weighted by molar-refractivity contribution is -0.119. The number of esters is 1. The number of ketones is 1. The highest BCUT2D eigenvalue weighted by atomic mass is 16.6. The van der Waals surface area contributed by atoms with Gasteiger partial charge in [0.15, 0.2) is 11.5 Å². The summed E-state index contributed by atoms with van der Waals surface area (Å²) < 4.78 is 11.2. The summed E-state index contributed by atoms with van der Waals surface area (Å²) in [5, 5.41) is 2.74. The van der Waals surface area contributed by atoms with Gasteiger partial charge in [-0.05, 0) is 50.6 Å². The summed E-state index contributed by atoms with van der Waals surface area (Å²) in [7, 11) is 0. The normalized spacial score (nSPS) is 18.4. The van der Waals surface area contributed by atoms with Crippen molar-refractivity contribution in [3.05, 3.63) is 59.7 Å². The second kappa shape index (κ2) is 8.68. The van der Waals surface area contributed by atoms with Gasteiger partial charge in [0.2, 0.25) is 0 Å². The Morgan fingerprint density at radius 1 is 1.10 bits per heavy atom. The number of urea groups is 1. The molecular weight excluding hydrogens is 372 g/mol. The number of nitrogens with zero attached hydrogens (tertiary/aromatic N) is 1. The number of Topliss-reactive ketones (excluding diaryl/α,β-unsaturated/α-hetero) is 1. The van der Waals surface area contributed by atoms with E-state index in [9.17, 15) is 14.4 Å². The van der Waals surface area contributed by atoms with E-state index in [-0.39, 0.29) is 11.5 Å². The first-order valence-electron chi connectivity index (χ1n) is 9.30. The molecule has 0 saturated carbocycles. The monoisotopic (exact) mass is 394 g/mol. The summed E-state index contributed by atoms with van der Waals surface area (Å²) in [5.41, 5.74) is 1.54. The van der Waals surface area contributed by atoms with Gasteiger partial charge in [0.05, 0.1) is 24.1 Å². The van der Waals surface area contributed by atoms with Gasteiger partial charge in [-0.2, -0.15) is 0 Å². The Hall–Kier alpha value is -3.48. The first-order chi connectivity index (χ1) is 13.9. The minimum Gasteiger partial charge on any atom is -0.490 e. The zero-order valence-electron chi connectivity index (χ0n) is 16.5. The molecule has 2 unspecified atom stereocenters. The third-order valence-corrected chi connectivity index (χ3v) is 4.62. The first kappa shape index (κ1) is 20.3. The zero-order chi connectivity index (χ0) is 21.0. The molecule has 0 aliphatic carbocycles. The maximum Gasteiger partial charge on any atom is 0.343 e. The van der Waals surface area contributed by atoms with Crippen molar-refractivity contribution in [3.8, 4) is 11.5 Å². The van der Waals surface area contributed by atoms with E-state index in [4.69, 9.17) is 9.47 Å². The van der Waals surface area contributed by atoms with Crippen LogP contribution in [0.4, 0.5) is 4.79 Å². The SMILES string of the molecule is CCOc1cc(C2NC(=O)N=C(C)C2C(C)=O)ccc1OC(=O)c1ccccc1. The Morgan fingerprint density at radius 3 is 2.48 bits per heavy atom. The maximum atomic E-state index is 12.4. The first-order valence-corrected chi connectivity index (χ1v) is 9.30. The highest BCUT2D eigenvalue weighted by Crippen LogP contribution is 2.35. The van der Waals surface area contributed by atoms with Crippen LogP contribution in [0.5, 0.6) is 11.5 Å². The molecule has 1 heterocycles. The van der Waals surface area contributed by atoms with E-state index in [0.717, 1.165) is 0 Å². The molecule has 150 valence electrons. The van der Waals surface area contributed by atoms with Crippen molar-refractivity contribution in [2.75, 3.05) is 6.61 Å². The van der Waals surface area contributed by atoms with Gasteiger partial charge in [0.1, 0.15) is 5.78 Å². The average molecular weight is 394 g/mol. The topological polar surface area (TPSA) is 94.1 Å². The summed E-state index contributed by atoms with van der Waals surface area (Å²) in [6, 6.07) is 12.5. The summed E-state index contributed by atoms with van der Waals surface area (Å²) in [6.45, 7) is 5.30. The molecule has 2 aromatic rings. The summed E-state index contributed by atoms with van der Waals surface area (Å²) in [5.74, 6) is -0.564. The molecule has 2 amide bonds. The second-order valence-electron chi connectivity index (χ2n) is 6.66. The van der Waals surface area contributed by atoms with Crippen LogP contribution < -0.4 is 14.8 Å². The van der Waals surface area contributed by atoms with Gasteiger partial charge in [-0.3, -0.25) is 4.79 Å². The molecule has 7 nitrogen and oxygen atoms in total. The van der Waals surface area contributed by atoms with Crippen molar-refractivity contribution in [2.45, 2.75) is 26.8 Å². The highest BCUT2D eigenvalue weighted by Gasteiger charge is 2.35. The molecule has 7 heteroatoms. The van der Waals surface area contributed by atoms with Gasteiger partial charge >= 0.3 is 12.0 Å². The van der Waals surface area contributed by atoms with Crippen LogP contribution in [-0.4, -0.2) is 30.1 Å². The van der Waals surface area contributed by atoms with Crippen LogP contribution in [0.3, 0.4) is 0 Å². The predicted octanol–water partition coefficient (Wildman–Crippen LogP) is 3.73. The van der Waals surface area contributed by atoms with Crippen molar-refractivity contribution in [1.82, 2.24) is 5.32 Å². The van der Waals surface area contributed by atoms with Crippen LogP contribution in [0.25, 0.3) is 0 Å². The minimum absolute atomic E-state index is 0.103. The van der Waals surface area contributed by atoms with E-state index in [2.05, 4.69) is 10.3 Å². The van der Waals surface area contributed by atoms with Crippen molar-refractivity contribution >= 4 is 23.5 Å². The minimum atomic E-state index is -0.574. The second-order valence-corrected chi connectivity index (χ2v) is 6.66. The van der Waals surface area contributed by atoms with Gasteiger partial charge in [-0.15, -0.1) is 0 Å². The number of nitrogens with one attached hydrogen (secondary N) is 1. The summed E-state index contributed by atoms with van der Waals surface area (Å²) >= 11 is 0. The number of rotatable bonds is 6. The molecule has 2 atom stereocenters. The number of benzene rings is 2. The Bertz CT molecular complexity index is 968. The molecule has 0 radical (unpaired) electrons. The van der Waals surface area contributed by atoms with E-state index < -0.39 is 24.0 Å². The molecular formula is C22H22N2O5. The van der Waals surface area contributed by atoms with Gasteiger partial charge in [-0.1, -0.05) is 24.3 Å². The third kappa shape index (κ3) is 4.51. The molecule has 0 fully saturated rings. The Kier molecular flexibility index (Phi) is 6.07. The fraction of sp³-hybridized carbons (Fsp3) is 0.273. The quantitative estimate of drug-likeness (QED) is 0.595. The molecule has 29 heavy (non-hydrogen) atoms. The molecule has 2 aromatic carbocycles. The van der Waals surface area contributed by atoms with Crippen LogP contribution in [-0.2, 0) is 4.79 Å². The number of aliphatic imine (C=N–C) groups is 1. The van der Waals surface area contributed by atoms with Crippen LogP contribution in [0, 0.1) is 5.92 Å². The molecule has 1 aliphatic rings. The van der Waals surface area contributed by atoms with Crippen molar-refractivity contribution in [1.29, 1.82) is 0 Å². The van der Waals surface area contributed by atoms with Crippen molar-refractivity contribution < 1.29 is 23.9 Å². The molecule has 0 saturated heterocycles. The largest absolute Gasteiger partial charge is 0.490 e. The fourth-order valence-corrected chi connectivity index (χ4v) is 3.33.